The number of benzene rings is 1. The molecule has 0 radical (unpaired) electrons. The third-order valence-electron chi connectivity index (χ3n) is 3.99. The summed E-state index contributed by atoms with van der Waals surface area (Å²) in [4.78, 5) is 12.2. The maximum Gasteiger partial charge on any atom is 0.223 e. The van der Waals surface area contributed by atoms with E-state index in [1.807, 2.05) is 25.1 Å². The fraction of sp³-hybridized carbons (Fsp3) is 0.562. The molecule has 1 saturated carbocycles. The highest BCUT2D eigenvalue weighted by Crippen LogP contribution is 2.30. The Kier molecular flexibility index (Phi) is 4.88. The van der Waals surface area contributed by atoms with Gasteiger partial charge in [0.05, 0.1) is 20.3 Å². The fourth-order valence-electron chi connectivity index (χ4n) is 2.77. The van der Waals surface area contributed by atoms with E-state index in [0.29, 0.717) is 0 Å². The molecular formula is C16H23NO3. The van der Waals surface area contributed by atoms with Gasteiger partial charge in [0.25, 0.3) is 0 Å². The average molecular weight is 277 g/mol. The van der Waals surface area contributed by atoms with Crippen LogP contribution in [-0.2, 0) is 4.79 Å². The van der Waals surface area contributed by atoms with Gasteiger partial charge in [-0.15, -0.1) is 0 Å². The molecule has 1 atom stereocenters. The van der Waals surface area contributed by atoms with E-state index in [0.717, 1.165) is 29.9 Å². The highest BCUT2D eigenvalue weighted by Gasteiger charge is 2.24. The maximum absolute atomic E-state index is 12.2. The first kappa shape index (κ1) is 14.7. The zero-order valence-electron chi connectivity index (χ0n) is 12.4. The molecule has 1 aromatic rings. The van der Waals surface area contributed by atoms with Gasteiger partial charge in [0.1, 0.15) is 11.5 Å². The van der Waals surface area contributed by atoms with Crippen molar-refractivity contribution in [2.45, 2.75) is 38.6 Å². The van der Waals surface area contributed by atoms with Crippen molar-refractivity contribution in [3.05, 3.63) is 23.8 Å². The van der Waals surface area contributed by atoms with E-state index in [-0.39, 0.29) is 17.9 Å². The Morgan fingerprint density at radius 2 is 1.95 bits per heavy atom. The van der Waals surface area contributed by atoms with Crippen LogP contribution >= 0.6 is 0 Å². The third-order valence-corrected chi connectivity index (χ3v) is 3.99. The Balaban J connectivity index is 2.07. The monoisotopic (exact) mass is 277 g/mol. The van der Waals surface area contributed by atoms with E-state index < -0.39 is 0 Å². The van der Waals surface area contributed by atoms with Crippen molar-refractivity contribution < 1.29 is 14.3 Å². The van der Waals surface area contributed by atoms with Gasteiger partial charge in [0.2, 0.25) is 5.91 Å². The maximum atomic E-state index is 12.2. The van der Waals surface area contributed by atoms with Gasteiger partial charge in [-0.2, -0.15) is 0 Å². The van der Waals surface area contributed by atoms with Crippen LogP contribution in [0.15, 0.2) is 18.2 Å². The van der Waals surface area contributed by atoms with Crippen molar-refractivity contribution in [3.63, 3.8) is 0 Å². The van der Waals surface area contributed by atoms with Crippen LogP contribution in [0.2, 0.25) is 0 Å². The second kappa shape index (κ2) is 6.64. The number of carbonyl (C=O) groups is 1. The molecule has 20 heavy (non-hydrogen) atoms. The van der Waals surface area contributed by atoms with Crippen molar-refractivity contribution in [1.82, 2.24) is 5.32 Å². The van der Waals surface area contributed by atoms with Crippen molar-refractivity contribution in [3.8, 4) is 11.5 Å². The van der Waals surface area contributed by atoms with Gasteiger partial charge in [-0.3, -0.25) is 4.79 Å². The van der Waals surface area contributed by atoms with Gasteiger partial charge in [-0.1, -0.05) is 12.8 Å². The Hall–Kier alpha value is -1.71. The summed E-state index contributed by atoms with van der Waals surface area (Å²) in [5.74, 6) is 1.83. The van der Waals surface area contributed by atoms with Crippen LogP contribution in [0.5, 0.6) is 11.5 Å². The lowest BCUT2D eigenvalue weighted by Gasteiger charge is -2.20. The van der Waals surface area contributed by atoms with Crippen LogP contribution in [0.1, 0.15) is 44.2 Å². The summed E-state index contributed by atoms with van der Waals surface area (Å²) < 4.78 is 10.6. The van der Waals surface area contributed by atoms with Crippen LogP contribution in [0.4, 0.5) is 0 Å². The largest absolute Gasteiger partial charge is 0.497 e. The molecule has 1 fully saturated rings. The Labute approximate surface area is 120 Å². The number of carbonyl (C=O) groups excluding carboxylic acids is 1. The molecule has 1 aliphatic rings. The lowest BCUT2D eigenvalue weighted by Crippen LogP contribution is -2.31. The molecule has 1 aliphatic carbocycles. The summed E-state index contributed by atoms with van der Waals surface area (Å²) in [6, 6.07) is 5.60. The normalized spacial score (nSPS) is 16.8. The summed E-state index contributed by atoms with van der Waals surface area (Å²) in [5.41, 5.74) is 0.972. The van der Waals surface area contributed by atoms with Crippen LogP contribution in [-0.4, -0.2) is 20.1 Å². The van der Waals surface area contributed by atoms with E-state index >= 15 is 0 Å². The summed E-state index contributed by atoms with van der Waals surface area (Å²) in [6.07, 6.45) is 4.35. The second-order valence-corrected chi connectivity index (χ2v) is 5.32. The minimum atomic E-state index is -0.0658. The lowest BCUT2D eigenvalue weighted by atomic mass is 10.0. The van der Waals surface area contributed by atoms with Gasteiger partial charge in [-0.05, 0) is 31.9 Å². The molecule has 0 aliphatic heterocycles. The number of methoxy groups -OCH3 is 2. The molecule has 1 unspecified atom stereocenters. The number of ether oxygens (including phenoxy) is 2. The Bertz CT molecular complexity index is 467. The molecule has 2 rings (SSSR count). The average Bonchev–Trinajstić information content (AvgIpc) is 3.00. The molecule has 0 heterocycles. The topological polar surface area (TPSA) is 47.6 Å². The van der Waals surface area contributed by atoms with Gasteiger partial charge in [0, 0.05) is 17.5 Å². The van der Waals surface area contributed by atoms with E-state index in [9.17, 15) is 4.79 Å². The van der Waals surface area contributed by atoms with Gasteiger partial charge < -0.3 is 14.8 Å². The fourth-order valence-corrected chi connectivity index (χ4v) is 2.77. The molecule has 4 heteroatoms. The SMILES string of the molecule is COc1ccc(C(C)NC(=O)C2CCCC2)c(OC)c1. The van der Waals surface area contributed by atoms with E-state index in [4.69, 9.17) is 9.47 Å². The van der Waals surface area contributed by atoms with Crippen LogP contribution in [0, 0.1) is 5.92 Å². The number of hydrogen-bond acceptors (Lipinski definition) is 3. The number of amides is 1. The molecular weight excluding hydrogens is 254 g/mol. The van der Waals surface area contributed by atoms with Crippen LogP contribution in [0.25, 0.3) is 0 Å². The van der Waals surface area contributed by atoms with Crippen molar-refractivity contribution in [2.75, 3.05) is 14.2 Å². The molecule has 1 N–H and O–H groups in total. The number of rotatable bonds is 5. The zero-order chi connectivity index (χ0) is 14.5. The molecule has 4 nitrogen and oxygen atoms in total. The second-order valence-electron chi connectivity index (χ2n) is 5.32. The molecule has 1 aromatic carbocycles. The summed E-state index contributed by atoms with van der Waals surface area (Å²) in [6.45, 7) is 1.98. The van der Waals surface area contributed by atoms with Crippen LogP contribution < -0.4 is 14.8 Å². The molecule has 0 saturated heterocycles. The first-order chi connectivity index (χ1) is 9.65. The first-order valence-electron chi connectivity index (χ1n) is 7.18. The number of hydrogen-bond donors (Lipinski definition) is 1. The lowest BCUT2D eigenvalue weighted by molar-refractivity contribution is -0.125. The van der Waals surface area contributed by atoms with E-state index in [2.05, 4.69) is 5.32 Å². The molecule has 0 bridgehead atoms. The van der Waals surface area contributed by atoms with Gasteiger partial charge in [-0.25, -0.2) is 0 Å². The van der Waals surface area contributed by atoms with Crippen molar-refractivity contribution in [1.29, 1.82) is 0 Å². The van der Waals surface area contributed by atoms with E-state index in [1.165, 1.54) is 12.8 Å². The predicted molar refractivity (Wildman–Crippen MR) is 78.1 cm³/mol. The molecule has 0 spiro atoms. The predicted octanol–water partition coefficient (Wildman–Crippen LogP) is 3.07. The zero-order valence-corrected chi connectivity index (χ0v) is 12.4. The quantitative estimate of drug-likeness (QED) is 0.899. The highest BCUT2D eigenvalue weighted by molar-refractivity contribution is 5.79. The van der Waals surface area contributed by atoms with Gasteiger partial charge in [0.15, 0.2) is 0 Å². The highest BCUT2D eigenvalue weighted by atomic mass is 16.5. The molecule has 0 aromatic heterocycles. The standard InChI is InChI=1S/C16H23NO3/c1-11(17-16(18)12-6-4-5-7-12)14-9-8-13(19-2)10-15(14)20-3/h8-12H,4-7H2,1-3H3,(H,17,18). The van der Waals surface area contributed by atoms with Crippen molar-refractivity contribution in [2.24, 2.45) is 5.92 Å². The van der Waals surface area contributed by atoms with Gasteiger partial charge >= 0.3 is 0 Å². The Morgan fingerprint density at radius 3 is 2.55 bits per heavy atom. The molecule has 1 amide bonds. The number of nitrogens with one attached hydrogen (secondary N) is 1. The van der Waals surface area contributed by atoms with E-state index in [1.54, 1.807) is 14.2 Å². The Morgan fingerprint density at radius 1 is 1.25 bits per heavy atom. The minimum absolute atomic E-state index is 0.0658. The summed E-state index contributed by atoms with van der Waals surface area (Å²) in [7, 11) is 3.25. The first-order valence-corrected chi connectivity index (χ1v) is 7.18. The smallest absolute Gasteiger partial charge is 0.223 e. The third kappa shape index (κ3) is 3.24. The molecule has 110 valence electrons. The summed E-state index contributed by atoms with van der Waals surface area (Å²) in [5, 5.41) is 3.09. The minimum Gasteiger partial charge on any atom is -0.497 e. The summed E-state index contributed by atoms with van der Waals surface area (Å²) >= 11 is 0. The van der Waals surface area contributed by atoms with Crippen molar-refractivity contribution >= 4 is 5.91 Å². The van der Waals surface area contributed by atoms with Crippen LogP contribution in [0.3, 0.4) is 0 Å².